The highest BCUT2D eigenvalue weighted by molar-refractivity contribution is 6.04. The van der Waals surface area contributed by atoms with Crippen molar-refractivity contribution in [2.75, 3.05) is 20.8 Å². The highest BCUT2D eigenvalue weighted by Gasteiger charge is 2.15. The van der Waals surface area contributed by atoms with E-state index in [0.717, 1.165) is 17.7 Å². The molecule has 1 atom stereocenters. The summed E-state index contributed by atoms with van der Waals surface area (Å²) in [7, 11) is 3.46. The van der Waals surface area contributed by atoms with E-state index in [-0.39, 0.29) is 29.1 Å². The highest BCUT2D eigenvalue weighted by Crippen LogP contribution is 2.18. The van der Waals surface area contributed by atoms with Gasteiger partial charge in [-0.1, -0.05) is 12.1 Å². The van der Waals surface area contributed by atoms with Gasteiger partial charge in [-0.25, -0.2) is 4.98 Å². The number of ether oxygens (including phenoxy) is 2. The van der Waals surface area contributed by atoms with E-state index in [1.54, 1.807) is 30.1 Å². The van der Waals surface area contributed by atoms with Crippen LogP contribution in [0.4, 0.5) is 0 Å². The highest BCUT2D eigenvalue weighted by atomic mass is 16.5. The second kappa shape index (κ2) is 10.8. The van der Waals surface area contributed by atoms with Crippen molar-refractivity contribution in [3.05, 3.63) is 81.7 Å². The van der Waals surface area contributed by atoms with Crippen molar-refractivity contribution in [1.29, 1.82) is 10.8 Å². The minimum absolute atomic E-state index is 0.136. The summed E-state index contributed by atoms with van der Waals surface area (Å²) in [5.74, 6) is -0.420. The Morgan fingerprint density at radius 2 is 1.97 bits per heavy atom. The molecule has 3 N–H and O–H groups in total. The first-order valence-corrected chi connectivity index (χ1v) is 10.5. The summed E-state index contributed by atoms with van der Waals surface area (Å²) < 4.78 is 12.2. The van der Waals surface area contributed by atoms with Gasteiger partial charge in [-0.2, -0.15) is 0 Å². The SMILES string of the molecule is CNCc1ccc(C(=N)OC(=N)c2cncc(-c3ccc(=O)n(C(C)COC)c3)n2)c(C)c1. The molecule has 0 saturated heterocycles. The Bertz CT molecular complexity index is 1220. The van der Waals surface area contributed by atoms with Gasteiger partial charge in [0.05, 0.1) is 30.7 Å². The van der Waals surface area contributed by atoms with Crippen LogP contribution in [0.25, 0.3) is 11.3 Å². The molecule has 0 bridgehead atoms. The Labute approximate surface area is 192 Å². The van der Waals surface area contributed by atoms with Crippen molar-refractivity contribution >= 4 is 11.8 Å². The average Bonchev–Trinajstić information content (AvgIpc) is 2.79. The zero-order valence-corrected chi connectivity index (χ0v) is 19.2. The zero-order valence-electron chi connectivity index (χ0n) is 19.2. The van der Waals surface area contributed by atoms with Crippen molar-refractivity contribution in [2.24, 2.45) is 0 Å². The molecule has 3 rings (SSSR count). The number of nitrogens with zero attached hydrogens (tertiary/aromatic N) is 3. The molecule has 9 nitrogen and oxygen atoms in total. The largest absolute Gasteiger partial charge is 0.419 e. The second-order valence-electron chi connectivity index (χ2n) is 7.70. The fourth-order valence-electron chi connectivity index (χ4n) is 3.44. The smallest absolute Gasteiger partial charge is 0.250 e. The van der Waals surface area contributed by atoms with Crippen LogP contribution in [-0.4, -0.2) is 47.1 Å². The predicted octanol–water partition coefficient (Wildman–Crippen LogP) is 2.91. The number of nitrogens with one attached hydrogen (secondary N) is 3. The molecule has 2 aromatic heterocycles. The van der Waals surface area contributed by atoms with Gasteiger partial charge in [0, 0.05) is 37.0 Å². The monoisotopic (exact) mass is 448 g/mol. The van der Waals surface area contributed by atoms with E-state index in [9.17, 15) is 4.79 Å². The standard InChI is InChI=1S/C24H28N6O3/c1-15-9-17(10-27-3)5-7-19(15)23(25)33-24(26)21-12-28-11-20(29-21)18-6-8-22(31)30(13-18)16(2)14-32-4/h5-9,11-13,16,25-27H,10,14H2,1-4H3. The molecule has 0 saturated carbocycles. The molecular formula is C24H28N6O3. The van der Waals surface area contributed by atoms with Crippen LogP contribution in [0.15, 0.2) is 53.7 Å². The van der Waals surface area contributed by atoms with Gasteiger partial charge in [0.1, 0.15) is 5.69 Å². The van der Waals surface area contributed by atoms with Gasteiger partial charge in [-0.05, 0) is 44.2 Å². The van der Waals surface area contributed by atoms with Crippen molar-refractivity contribution in [3.63, 3.8) is 0 Å². The molecule has 0 aliphatic rings. The summed E-state index contributed by atoms with van der Waals surface area (Å²) in [5.41, 5.74) is 3.78. The van der Waals surface area contributed by atoms with Gasteiger partial charge in [-0.3, -0.25) is 20.6 Å². The maximum Gasteiger partial charge on any atom is 0.250 e. The van der Waals surface area contributed by atoms with Gasteiger partial charge in [0.25, 0.3) is 5.56 Å². The third kappa shape index (κ3) is 5.76. The molecule has 1 aromatic carbocycles. The summed E-state index contributed by atoms with van der Waals surface area (Å²) >= 11 is 0. The fourth-order valence-corrected chi connectivity index (χ4v) is 3.44. The van der Waals surface area contributed by atoms with Crippen LogP contribution in [0.5, 0.6) is 0 Å². The number of aromatic nitrogens is 3. The Balaban J connectivity index is 1.81. The van der Waals surface area contributed by atoms with Gasteiger partial charge in [0.15, 0.2) is 0 Å². The minimum Gasteiger partial charge on any atom is -0.419 e. The van der Waals surface area contributed by atoms with E-state index in [1.165, 1.54) is 12.3 Å². The van der Waals surface area contributed by atoms with E-state index in [2.05, 4.69) is 15.3 Å². The van der Waals surface area contributed by atoms with Crippen LogP contribution in [-0.2, 0) is 16.0 Å². The first kappa shape index (κ1) is 24.0. The normalized spacial score (nSPS) is 11.8. The van der Waals surface area contributed by atoms with E-state index in [4.69, 9.17) is 20.3 Å². The summed E-state index contributed by atoms with van der Waals surface area (Å²) in [6.07, 6.45) is 4.66. The maximum atomic E-state index is 12.2. The summed E-state index contributed by atoms with van der Waals surface area (Å²) in [4.78, 5) is 20.9. The molecule has 0 amide bonds. The van der Waals surface area contributed by atoms with E-state index in [1.807, 2.05) is 39.1 Å². The molecule has 0 fully saturated rings. The van der Waals surface area contributed by atoms with Gasteiger partial charge >= 0.3 is 0 Å². The molecule has 172 valence electrons. The van der Waals surface area contributed by atoms with E-state index in [0.29, 0.717) is 23.4 Å². The lowest BCUT2D eigenvalue weighted by Crippen LogP contribution is -2.24. The third-order valence-corrected chi connectivity index (χ3v) is 5.10. The summed E-state index contributed by atoms with van der Waals surface area (Å²) in [5, 5.41) is 19.7. The lowest BCUT2D eigenvalue weighted by atomic mass is 10.0. The van der Waals surface area contributed by atoms with Crippen LogP contribution in [0, 0.1) is 17.7 Å². The summed E-state index contributed by atoms with van der Waals surface area (Å²) in [6, 6.07) is 8.68. The molecule has 0 spiro atoms. The van der Waals surface area contributed by atoms with Crippen molar-refractivity contribution in [3.8, 4) is 11.3 Å². The predicted molar refractivity (Wildman–Crippen MR) is 127 cm³/mol. The molecule has 0 aliphatic carbocycles. The zero-order chi connectivity index (χ0) is 24.0. The minimum atomic E-state index is -0.283. The molecule has 33 heavy (non-hydrogen) atoms. The number of rotatable bonds is 8. The number of hydrogen-bond acceptors (Lipinski definition) is 8. The topological polar surface area (TPSA) is 126 Å². The summed E-state index contributed by atoms with van der Waals surface area (Å²) in [6.45, 7) is 4.91. The van der Waals surface area contributed by atoms with E-state index >= 15 is 0 Å². The molecule has 9 heteroatoms. The Kier molecular flexibility index (Phi) is 7.81. The van der Waals surface area contributed by atoms with Gasteiger partial charge in [0.2, 0.25) is 11.8 Å². The molecule has 2 heterocycles. The fraction of sp³-hybridized carbons (Fsp3) is 0.292. The Morgan fingerprint density at radius 3 is 2.67 bits per heavy atom. The first-order valence-electron chi connectivity index (χ1n) is 10.5. The maximum absolute atomic E-state index is 12.2. The lowest BCUT2D eigenvalue weighted by Gasteiger charge is -2.15. The van der Waals surface area contributed by atoms with Crippen LogP contribution in [0.3, 0.4) is 0 Å². The van der Waals surface area contributed by atoms with Crippen LogP contribution < -0.4 is 10.9 Å². The first-order chi connectivity index (χ1) is 15.8. The molecule has 1 unspecified atom stereocenters. The molecule has 3 aromatic rings. The van der Waals surface area contributed by atoms with Crippen molar-refractivity contribution in [2.45, 2.75) is 26.4 Å². The Hall–Kier alpha value is -3.69. The average molecular weight is 449 g/mol. The Morgan fingerprint density at radius 1 is 1.18 bits per heavy atom. The second-order valence-corrected chi connectivity index (χ2v) is 7.70. The molecule has 0 aliphatic heterocycles. The number of methoxy groups -OCH3 is 1. The molecule has 0 radical (unpaired) electrons. The van der Waals surface area contributed by atoms with Gasteiger partial charge in [-0.15, -0.1) is 0 Å². The van der Waals surface area contributed by atoms with Crippen LogP contribution in [0.2, 0.25) is 0 Å². The number of benzene rings is 1. The lowest BCUT2D eigenvalue weighted by molar-refractivity contribution is 0.161. The number of aryl methyl sites for hydroxylation is 1. The van der Waals surface area contributed by atoms with Crippen LogP contribution in [0.1, 0.15) is 35.3 Å². The van der Waals surface area contributed by atoms with Crippen LogP contribution >= 0.6 is 0 Å². The molecular weight excluding hydrogens is 420 g/mol. The quantitative estimate of drug-likeness (QED) is 0.359. The third-order valence-electron chi connectivity index (χ3n) is 5.10. The van der Waals surface area contributed by atoms with Crippen molar-refractivity contribution in [1.82, 2.24) is 19.9 Å². The number of pyridine rings is 1. The van der Waals surface area contributed by atoms with Crippen molar-refractivity contribution < 1.29 is 9.47 Å². The van der Waals surface area contributed by atoms with E-state index < -0.39 is 0 Å². The number of hydrogen-bond donors (Lipinski definition) is 3. The van der Waals surface area contributed by atoms with Gasteiger partial charge < -0.3 is 19.4 Å².